The molecule has 2 nitrogen and oxygen atoms in total. The Balaban J connectivity index is 2.59. The maximum Gasteiger partial charge on any atom is 0.0744 e. The molecule has 0 radical (unpaired) electrons. The third-order valence-electron chi connectivity index (χ3n) is 2.25. The zero-order valence-corrected chi connectivity index (χ0v) is 12.2. The van der Waals surface area contributed by atoms with Crippen molar-refractivity contribution in [2.75, 3.05) is 31.0 Å². The second-order valence-electron chi connectivity index (χ2n) is 3.47. The molecule has 90 valence electrons. The lowest BCUT2D eigenvalue weighted by molar-refractivity contribution is 0.185. The fraction of sp³-hybridized carbons (Fsp3) is 0.500. The van der Waals surface area contributed by atoms with E-state index in [9.17, 15) is 0 Å². The van der Waals surface area contributed by atoms with Crippen molar-refractivity contribution in [2.45, 2.75) is 13.0 Å². The van der Waals surface area contributed by atoms with Crippen LogP contribution in [0.15, 0.2) is 22.7 Å². The first-order chi connectivity index (χ1) is 7.79. The van der Waals surface area contributed by atoms with Crippen LogP contribution in [0, 0.1) is 0 Å². The molecule has 0 aliphatic rings. The molecule has 0 atom stereocenters. The van der Waals surface area contributed by atoms with E-state index in [4.69, 9.17) is 4.74 Å². The van der Waals surface area contributed by atoms with Gasteiger partial charge in [0.05, 0.1) is 6.61 Å². The first-order valence-corrected chi connectivity index (χ1v) is 7.47. The Morgan fingerprint density at radius 1 is 1.44 bits per heavy atom. The lowest BCUT2D eigenvalue weighted by Gasteiger charge is -2.12. The molecular formula is C12H18BrNOS. The molecule has 0 heterocycles. The lowest BCUT2D eigenvalue weighted by atomic mass is 10.2. The molecular weight excluding hydrogens is 286 g/mol. The lowest BCUT2D eigenvalue weighted by Crippen LogP contribution is -2.06. The van der Waals surface area contributed by atoms with Crippen molar-refractivity contribution in [2.24, 2.45) is 0 Å². The average molecular weight is 304 g/mol. The van der Waals surface area contributed by atoms with Gasteiger partial charge in [-0.3, -0.25) is 0 Å². The summed E-state index contributed by atoms with van der Waals surface area (Å²) in [6, 6.07) is 6.18. The first kappa shape index (κ1) is 13.9. The first-order valence-electron chi connectivity index (χ1n) is 5.28. The summed E-state index contributed by atoms with van der Waals surface area (Å²) in [7, 11) is 1.72. The van der Waals surface area contributed by atoms with Crippen molar-refractivity contribution in [1.29, 1.82) is 0 Å². The van der Waals surface area contributed by atoms with E-state index in [0.717, 1.165) is 16.7 Å². The number of halogens is 1. The summed E-state index contributed by atoms with van der Waals surface area (Å²) < 4.78 is 6.30. The van der Waals surface area contributed by atoms with Gasteiger partial charge in [0.25, 0.3) is 0 Å². The van der Waals surface area contributed by atoms with Crippen LogP contribution in [0.25, 0.3) is 0 Å². The normalized spacial score (nSPS) is 10.4. The largest absolute Gasteiger partial charge is 0.385 e. The van der Waals surface area contributed by atoms with Crippen LogP contribution in [-0.2, 0) is 11.3 Å². The number of nitrogens with one attached hydrogen (secondary N) is 1. The van der Waals surface area contributed by atoms with Crippen LogP contribution in [0.4, 0.5) is 5.69 Å². The zero-order valence-electron chi connectivity index (χ0n) is 9.75. The molecule has 0 unspecified atom stereocenters. The quantitative estimate of drug-likeness (QED) is 0.775. The Morgan fingerprint density at radius 2 is 2.25 bits per heavy atom. The number of thioether (sulfide) groups is 1. The van der Waals surface area contributed by atoms with Crippen LogP contribution in [0.1, 0.15) is 12.0 Å². The smallest absolute Gasteiger partial charge is 0.0744 e. The molecule has 4 heteroatoms. The number of benzene rings is 1. The summed E-state index contributed by atoms with van der Waals surface area (Å²) in [6.07, 6.45) is 3.32. The molecule has 1 N–H and O–H groups in total. The summed E-state index contributed by atoms with van der Waals surface area (Å²) in [5.41, 5.74) is 2.35. The van der Waals surface area contributed by atoms with Crippen LogP contribution in [0.2, 0.25) is 0 Å². The molecule has 16 heavy (non-hydrogen) atoms. The van der Waals surface area contributed by atoms with Crippen LogP contribution in [0.3, 0.4) is 0 Å². The molecule has 0 bridgehead atoms. The highest BCUT2D eigenvalue weighted by atomic mass is 79.9. The van der Waals surface area contributed by atoms with Crippen LogP contribution in [-0.4, -0.2) is 25.7 Å². The summed E-state index contributed by atoms with van der Waals surface area (Å²) >= 11 is 5.43. The Hall–Kier alpha value is -0.190. The predicted octanol–water partition coefficient (Wildman–Crippen LogP) is 3.76. The maximum atomic E-state index is 5.20. The molecule has 0 spiro atoms. The SMILES string of the molecule is COCc1c(Br)cccc1NCCCSC. The number of hydrogen-bond donors (Lipinski definition) is 1. The summed E-state index contributed by atoms with van der Waals surface area (Å²) in [5.74, 6) is 1.20. The molecule has 1 aromatic rings. The van der Waals surface area contributed by atoms with Gasteiger partial charge in [-0.25, -0.2) is 0 Å². The molecule has 1 rings (SSSR count). The van der Waals surface area contributed by atoms with Crippen LogP contribution in [0.5, 0.6) is 0 Å². The van der Waals surface area contributed by atoms with Crippen molar-refractivity contribution >= 4 is 33.4 Å². The fourth-order valence-corrected chi connectivity index (χ4v) is 2.37. The van der Waals surface area contributed by atoms with Crippen molar-refractivity contribution < 1.29 is 4.74 Å². The second kappa shape index (κ2) is 7.98. The fourth-order valence-electron chi connectivity index (χ4n) is 1.45. The summed E-state index contributed by atoms with van der Waals surface area (Å²) in [5, 5.41) is 3.45. The highest BCUT2D eigenvalue weighted by Crippen LogP contribution is 2.25. The van der Waals surface area contributed by atoms with E-state index in [1.807, 2.05) is 23.9 Å². The summed E-state index contributed by atoms with van der Waals surface area (Å²) in [6.45, 7) is 1.64. The zero-order chi connectivity index (χ0) is 11.8. The Morgan fingerprint density at radius 3 is 2.94 bits per heavy atom. The standard InChI is InChI=1S/C12H18BrNOS/c1-15-9-10-11(13)5-3-6-12(10)14-7-4-8-16-2/h3,5-6,14H,4,7-9H2,1-2H3. The Bertz CT molecular complexity index is 320. The van der Waals surface area contributed by atoms with Gasteiger partial charge >= 0.3 is 0 Å². The van der Waals surface area contributed by atoms with Crippen molar-refractivity contribution in [3.8, 4) is 0 Å². The number of hydrogen-bond acceptors (Lipinski definition) is 3. The number of rotatable bonds is 7. The van der Waals surface area contributed by atoms with E-state index in [-0.39, 0.29) is 0 Å². The van der Waals surface area contributed by atoms with Gasteiger partial charge in [-0.05, 0) is 30.6 Å². The van der Waals surface area contributed by atoms with E-state index in [2.05, 4.69) is 33.6 Å². The molecule has 0 aromatic heterocycles. The van der Waals surface area contributed by atoms with E-state index in [1.165, 1.54) is 17.7 Å². The molecule has 0 aliphatic carbocycles. The second-order valence-corrected chi connectivity index (χ2v) is 5.31. The minimum Gasteiger partial charge on any atom is -0.385 e. The maximum absolute atomic E-state index is 5.20. The molecule has 0 amide bonds. The van der Waals surface area contributed by atoms with E-state index in [0.29, 0.717) is 6.61 Å². The number of ether oxygens (including phenoxy) is 1. The van der Waals surface area contributed by atoms with Gasteiger partial charge in [-0.1, -0.05) is 22.0 Å². The van der Waals surface area contributed by atoms with E-state index in [1.54, 1.807) is 7.11 Å². The molecule has 1 aromatic carbocycles. The van der Waals surface area contributed by atoms with Gasteiger partial charge in [0.15, 0.2) is 0 Å². The van der Waals surface area contributed by atoms with Gasteiger partial charge in [0.2, 0.25) is 0 Å². The highest BCUT2D eigenvalue weighted by Gasteiger charge is 2.05. The van der Waals surface area contributed by atoms with Crippen LogP contribution >= 0.6 is 27.7 Å². The van der Waals surface area contributed by atoms with Crippen molar-refractivity contribution in [1.82, 2.24) is 0 Å². The molecule has 0 aliphatic heterocycles. The van der Waals surface area contributed by atoms with Gasteiger partial charge in [-0.15, -0.1) is 0 Å². The minimum atomic E-state index is 0.631. The third kappa shape index (κ3) is 4.36. The molecule has 0 saturated carbocycles. The topological polar surface area (TPSA) is 21.3 Å². The number of anilines is 1. The monoisotopic (exact) mass is 303 g/mol. The minimum absolute atomic E-state index is 0.631. The average Bonchev–Trinajstić information content (AvgIpc) is 2.29. The van der Waals surface area contributed by atoms with E-state index < -0.39 is 0 Å². The van der Waals surface area contributed by atoms with Gasteiger partial charge < -0.3 is 10.1 Å². The van der Waals surface area contributed by atoms with Crippen LogP contribution < -0.4 is 5.32 Å². The van der Waals surface area contributed by atoms with Gasteiger partial charge in [-0.2, -0.15) is 11.8 Å². The molecule has 0 fully saturated rings. The summed E-state index contributed by atoms with van der Waals surface area (Å²) in [4.78, 5) is 0. The van der Waals surface area contributed by atoms with Crippen molar-refractivity contribution in [3.05, 3.63) is 28.2 Å². The Labute approximate surface area is 110 Å². The van der Waals surface area contributed by atoms with Crippen molar-refractivity contribution in [3.63, 3.8) is 0 Å². The van der Waals surface area contributed by atoms with E-state index >= 15 is 0 Å². The van der Waals surface area contributed by atoms with Gasteiger partial charge in [0, 0.05) is 29.4 Å². The number of methoxy groups -OCH3 is 1. The predicted molar refractivity (Wildman–Crippen MR) is 76.3 cm³/mol. The Kier molecular flexibility index (Phi) is 6.92. The van der Waals surface area contributed by atoms with Gasteiger partial charge in [0.1, 0.15) is 0 Å². The molecule has 0 saturated heterocycles. The highest BCUT2D eigenvalue weighted by molar-refractivity contribution is 9.10. The third-order valence-corrected chi connectivity index (χ3v) is 3.69.